The van der Waals surface area contributed by atoms with Crippen molar-refractivity contribution in [2.45, 2.75) is 19.9 Å². The molecule has 0 aliphatic carbocycles. The molecule has 2 atom stereocenters. The second-order valence-corrected chi connectivity index (χ2v) is 2.51. The van der Waals surface area contributed by atoms with Crippen LogP contribution in [0.1, 0.15) is 13.8 Å². The highest BCUT2D eigenvalue weighted by atomic mass is 15.5. The lowest BCUT2D eigenvalue weighted by Crippen LogP contribution is -2.13. The molecule has 1 aliphatic heterocycles. The molecule has 2 N–H and O–H groups in total. The maximum Gasteiger partial charge on any atom is 0.0406 e. The second-order valence-electron chi connectivity index (χ2n) is 2.51. The summed E-state index contributed by atoms with van der Waals surface area (Å²) in [6.45, 7) is 5.48. The summed E-state index contributed by atoms with van der Waals surface area (Å²) in [6, 6.07) is 0.681. The molecule has 2 nitrogen and oxygen atoms in total. The Hall–Kier alpha value is -0.0800. The molecule has 42 valence electrons. The summed E-state index contributed by atoms with van der Waals surface area (Å²) in [5.41, 5.74) is 0. The minimum absolute atomic E-state index is 0.681. The van der Waals surface area contributed by atoms with Crippen molar-refractivity contribution >= 4 is 0 Å². The number of hydrogen-bond donors (Lipinski definition) is 1. The molecular weight excluding hydrogens is 88.1 g/mol. The Morgan fingerprint density at radius 1 is 1.71 bits per heavy atom. The zero-order valence-corrected chi connectivity index (χ0v) is 4.89. The zero-order chi connectivity index (χ0) is 5.44. The van der Waals surface area contributed by atoms with E-state index in [-0.39, 0.29) is 0 Å². The molecule has 1 fully saturated rings. The number of hydrogen-bond acceptors (Lipinski definition) is 2. The van der Waals surface area contributed by atoms with Crippen molar-refractivity contribution in [2.24, 2.45) is 11.8 Å². The lowest BCUT2D eigenvalue weighted by Gasteiger charge is -1.97. The van der Waals surface area contributed by atoms with E-state index in [1.165, 1.54) is 0 Å². The molecule has 2 heteroatoms. The molecule has 1 aliphatic rings. The van der Waals surface area contributed by atoms with Gasteiger partial charge in [0.25, 0.3) is 0 Å². The summed E-state index contributed by atoms with van der Waals surface area (Å²) in [7, 11) is 0. The molecule has 7 heavy (non-hydrogen) atoms. The molecule has 1 heterocycles. The van der Waals surface area contributed by atoms with Crippen LogP contribution in [0.3, 0.4) is 0 Å². The first kappa shape index (κ1) is 5.06. The van der Waals surface area contributed by atoms with Crippen LogP contribution in [-0.2, 0) is 0 Å². The van der Waals surface area contributed by atoms with Crippen LogP contribution in [0.2, 0.25) is 0 Å². The summed E-state index contributed by atoms with van der Waals surface area (Å²) >= 11 is 0. The van der Waals surface area contributed by atoms with Crippen LogP contribution in [-0.4, -0.2) is 17.6 Å². The average molecular weight is 100 g/mol. The van der Waals surface area contributed by atoms with Gasteiger partial charge in [-0.3, -0.25) is 5.84 Å². The van der Waals surface area contributed by atoms with Crippen molar-refractivity contribution in [3.05, 3.63) is 0 Å². The molecule has 0 aromatic heterocycles. The topological polar surface area (TPSA) is 29.0 Å². The monoisotopic (exact) mass is 100 g/mol. The van der Waals surface area contributed by atoms with Gasteiger partial charge in [0.1, 0.15) is 0 Å². The molecule has 1 rings (SSSR count). The summed E-state index contributed by atoms with van der Waals surface area (Å²) in [6.07, 6.45) is 0. The van der Waals surface area contributed by atoms with Crippen LogP contribution in [0.15, 0.2) is 0 Å². The van der Waals surface area contributed by atoms with Gasteiger partial charge in [-0.15, -0.1) is 0 Å². The Bertz CT molecular complexity index is 70.5. The van der Waals surface area contributed by atoms with Crippen LogP contribution in [0.5, 0.6) is 0 Å². The van der Waals surface area contributed by atoms with Crippen molar-refractivity contribution in [3.8, 4) is 0 Å². The highest BCUT2D eigenvalue weighted by Gasteiger charge is 2.33. The van der Waals surface area contributed by atoms with E-state index in [0.29, 0.717) is 6.04 Å². The first-order valence-electron chi connectivity index (χ1n) is 2.73. The van der Waals surface area contributed by atoms with Crippen LogP contribution < -0.4 is 5.84 Å². The number of hydrazine groups is 1. The van der Waals surface area contributed by atoms with Gasteiger partial charge in [-0.05, 0) is 5.92 Å². The van der Waals surface area contributed by atoms with Crippen LogP contribution in [0.4, 0.5) is 0 Å². The van der Waals surface area contributed by atoms with E-state index in [1.54, 1.807) is 0 Å². The van der Waals surface area contributed by atoms with Crippen LogP contribution >= 0.6 is 0 Å². The van der Waals surface area contributed by atoms with Crippen molar-refractivity contribution < 1.29 is 0 Å². The van der Waals surface area contributed by atoms with E-state index in [4.69, 9.17) is 5.84 Å². The van der Waals surface area contributed by atoms with Gasteiger partial charge in [-0.2, -0.15) is 0 Å². The molecule has 0 spiro atoms. The molecule has 0 bridgehead atoms. The van der Waals surface area contributed by atoms with Gasteiger partial charge < -0.3 is 0 Å². The highest BCUT2D eigenvalue weighted by molar-refractivity contribution is 4.86. The lowest BCUT2D eigenvalue weighted by atomic mass is 10.1. The smallest absolute Gasteiger partial charge is 0.0406 e. The van der Waals surface area contributed by atoms with E-state index in [1.807, 2.05) is 5.01 Å². The Morgan fingerprint density at radius 2 is 2.14 bits per heavy atom. The first-order chi connectivity index (χ1) is 3.22. The average Bonchev–Trinajstić information content (AvgIpc) is 2.17. The maximum absolute atomic E-state index is 5.40. The van der Waals surface area contributed by atoms with E-state index in [0.717, 1.165) is 12.5 Å². The minimum Gasteiger partial charge on any atom is -0.268 e. The molecule has 0 saturated carbocycles. The van der Waals surface area contributed by atoms with E-state index in [2.05, 4.69) is 13.8 Å². The summed E-state index contributed by atoms with van der Waals surface area (Å²) < 4.78 is 0. The van der Waals surface area contributed by atoms with Crippen molar-refractivity contribution in [3.63, 3.8) is 0 Å². The Kier molecular flexibility index (Phi) is 1.05. The fourth-order valence-electron chi connectivity index (χ4n) is 0.763. The van der Waals surface area contributed by atoms with Gasteiger partial charge in [0.2, 0.25) is 0 Å². The van der Waals surface area contributed by atoms with Gasteiger partial charge in [0.05, 0.1) is 0 Å². The van der Waals surface area contributed by atoms with E-state index < -0.39 is 0 Å². The van der Waals surface area contributed by atoms with Crippen molar-refractivity contribution in [1.82, 2.24) is 5.01 Å². The predicted octanol–water partition coefficient (Wildman–Crippen LogP) is 0.200. The zero-order valence-electron chi connectivity index (χ0n) is 4.89. The summed E-state index contributed by atoms with van der Waals surface area (Å²) in [5.74, 6) is 6.14. The van der Waals surface area contributed by atoms with Gasteiger partial charge in [-0.25, -0.2) is 5.01 Å². The third-order valence-electron chi connectivity index (χ3n) is 1.46. The van der Waals surface area contributed by atoms with E-state index >= 15 is 0 Å². The molecule has 0 amide bonds. The SMILES string of the molecule is CC(C)[C@H]1C[N@@]1N. The second kappa shape index (κ2) is 1.46. The van der Waals surface area contributed by atoms with Crippen LogP contribution in [0.25, 0.3) is 0 Å². The van der Waals surface area contributed by atoms with Crippen molar-refractivity contribution in [1.29, 1.82) is 0 Å². The Labute approximate surface area is 44.3 Å². The fraction of sp³-hybridized carbons (Fsp3) is 1.00. The Morgan fingerprint density at radius 3 is 2.14 bits per heavy atom. The Balaban J connectivity index is 2.20. The highest BCUT2D eigenvalue weighted by Crippen LogP contribution is 2.19. The lowest BCUT2D eigenvalue weighted by molar-refractivity contribution is 0.463. The summed E-state index contributed by atoms with van der Waals surface area (Å²) in [5, 5.41) is 1.87. The maximum atomic E-state index is 5.40. The standard InChI is InChI=1S/C5H12N2/c1-4(2)5-3-7(5)6/h4-5H,3,6H2,1-2H3/t5-,7-/m1/s1. The van der Waals surface area contributed by atoms with Gasteiger partial charge in [0.15, 0.2) is 0 Å². The van der Waals surface area contributed by atoms with Gasteiger partial charge in [-0.1, -0.05) is 13.8 Å². The third kappa shape index (κ3) is 0.924. The van der Waals surface area contributed by atoms with E-state index in [9.17, 15) is 0 Å². The normalized spacial score (nSPS) is 39.4. The molecule has 1 saturated heterocycles. The fourth-order valence-corrected chi connectivity index (χ4v) is 0.763. The molecule has 0 unspecified atom stereocenters. The minimum atomic E-state index is 0.681. The first-order valence-corrected chi connectivity index (χ1v) is 2.73. The molecule has 0 radical (unpaired) electrons. The predicted molar refractivity (Wildman–Crippen MR) is 29.5 cm³/mol. The molecular formula is C5H12N2. The van der Waals surface area contributed by atoms with Crippen molar-refractivity contribution in [2.75, 3.05) is 6.54 Å². The largest absolute Gasteiger partial charge is 0.268 e. The number of nitrogens with two attached hydrogens (primary N) is 1. The molecule has 0 aromatic carbocycles. The third-order valence-corrected chi connectivity index (χ3v) is 1.46. The van der Waals surface area contributed by atoms with Gasteiger partial charge in [0, 0.05) is 12.6 Å². The van der Waals surface area contributed by atoms with Gasteiger partial charge >= 0.3 is 0 Å². The molecule has 0 aromatic rings. The number of rotatable bonds is 1. The number of nitrogens with zero attached hydrogens (tertiary/aromatic N) is 1. The quantitative estimate of drug-likeness (QED) is 0.377. The van der Waals surface area contributed by atoms with Crippen LogP contribution in [0, 0.1) is 5.92 Å². The summed E-state index contributed by atoms with van der Waals surface area (Å²) in [4.78, 5) is 0.